The van der Waals surface area contributed by atoms with Gasteiger partial charge in [-0.3, -0.25) is 16.1 Å². The molecule has 0 aromatic heterocycles. The lowest BCUT2D eigenvalue weighted by molar-refractivity contribution is -0.139. The number of unbranched alkanes of at least 4 members (excludes halogenated alkanes) is 11. The summed E-state index contributed by atoms with van der Waals surface area (Å²) >= 11 is 0. The van der Waals surface area contributed by atoms with Crippen molar-refractivity contribution in [1.82, 2.24) is 10.7 Å². The van der Waals surface area contributed by atoms with Gasteiger partial charge in [0.2, 0.25) is 0 Å². The zero-order chi connectivity index (χ0) is 17.9. The van der Waals surface area contributed by atoms with Gasteiger partial charge in [-0.1, -0.05) is 77.6 Å². The Kier molecular flexibility index (Phi) is 18.2. The number of hydrogen-bond donors (Lipinski definition) is 4. The van der Waals surface area contributed by atoms with Crippen molar-refractivity contribution in [2.45, 2.75) is 103 Å². The van der Waals surface area contributed by atoms with Crippen molar-refractivity contribution in [2.24, 2.45) is 5.84 Å². The van der Waals surface area contributed by atoms with Crippen LogP contribution >= 0.6 is 0 Å². The van der Waals surface area contributed by atoms with Gasteiger partial charge < -0.3 is 10.4 Å². The fourth-order valence-corrected chi connectivity index (χ4v) is 2.96. The maximum Gasteiger partial charge on any atom is 0.320 e. The summed E-state index contributed by atoms with van der Waals surface area (Å²) in [6.07, 6.45) is 17.3. The smallest absolute Gasteiger partial charge is 0.320 e. The molecule has 144 valence electrons. The monoisotopic (exact) mass is 343 g/mol. The molecule has 0 rings (SSSR count). The molecule has 24 heavy (non-hydrogen) atoms. The van der Waals surface area contributed by atoms with Gasteiger partial charge in [-0.05, 0) is 25.8 Å². The molecule has 0 aromatic carbocycles. The predicted molar refractivity (Wildman–Crippen MR) is 102 cm³/mol. The molecule has 0 aliphatic heterocycles. The molecule has 5 nitrogen and oxygen atoms in total. The first-order chi connectivity index (χ1) is 11.7. The Morgan fingerprint density at radius 3 is 1.79 bits per heavy atom. The minimum Gasteiger partial charge on any atom is -0.480 e. The highest BCUT2D eigenvalue weighted by Crippen LogP contribution is 2.11. The van der Waals surface area contributed by atoms with Gasteiger partial charge in [-0.15, -0.1) is 0 Å². The lowest BCUT2D eigenvalue weighted by Crippen LogP contribution is -2.38. The third kappa shape index (κ3) is 16.2. The van der Waals surface area contributed by atoms with Gasteiger partial charge in [0.15, 0.2) is 0 Å². The summed E-state index contributed by atoms with van der Waals surface area (Å²) < 4.78 is 0. The third-order valence-electron chi connectivity index (χ3n) is 4.53. The first kappa shape index (κ1) is 23.4. The predicted octanol–water partition coefficient (Wildman–Crippen LogP) is 3.97. The second-order valence-electron chi connectivity index (χ2n) is 6.83. The van der Waals surface area contributed by atoms with Crippen LogP contribution in [0.25, 0.3) is 0 Å². The van der Waals surface area contributed by atoms with Crippen LogP contribution in [0, 0.1) is 0 Å². The Hall–Kier alpha value is -0.650. The minimum absolute atomic E-state index is 0.439. The molecule has 0 saturated carbocycles. The van der Waals surface area contributed by atoms with Crippen LogP contribution in [-0.2, 0) is 4.79 Å². The molecule has 0 aliphatic carbocycles. The van der Waals surface area contributed by atoms with Gasteiger partial charge in [0.05, 0.1) is 0 Å². The molecule has 0 bridgehead atoms. The van der Waals surface area contributed by atoms with Gasteiger partial charge in [-0.25, -0.2) is 0 Å². The number of nitrogens with two attached hydrogens (primary N) is 1. The van der Waals surface area contributed by atoms with E-state index in [1.807, 2.05) is 0 Å². The molecule has 5 N–H and O–H groups in total. The molecule has 1 atom stereocenters. The molecular formula is C19H41N3O2. The largest absolute Gasteiger partial charge is 0.480 e. The van der Waals surface area contributed by atoms with E-state index in [0.717, 1.165) is 19.4 Å². The van der Waals surface area contributed by atoms with Crippen molar-refractivity contribution in [2.75, 3.05) is 13.1 Å². The number of nitrogens with one attached hydrogen (secondary N) is 2. The summed E-state index contributed by atoms with van der Waals surface area (Å²) in [5.74, 6) is 4.44. The van der Waals surface area contributed by atoms with E-state index in [-0.39, 0.29) is 0 Å². The Balaban J connectivity index is 3.32. The summed E-state index contributed by atoms with van der Waals surface area (Å²) in [7, 11) is 0. The Labute approximate surface area is 149 Å². The maximum atomic E-state index is 11.1. The van der Waals surface area contributed by atoms with Crippen LogP contribution in [0.1, 0.15) is 96.8 Å². The van der Waals surface area contributed by atoms with Crippen molar-refractivity contribution in [1.29, 1.82) is 0 Å². The fourth-order valence-electron chi connectivity index (χ4n) is 2.96. The number of hydrazine groups is 1. The highest BCUT2D eigenvalue weighted by molar-refractivity contribution is 5.73. The van der Waals surface area contributed by atoms with Crippen molar-refractivity contribution in [3.8, 4) is 0 Å². The number of carboxylic acids is 1. The van der Waals surface area contributed by atoms with Crippen LogP contribution in [0.2, 0.25) is 0 Å². The van der Waals surface area contributed by atoms with E-state index in [1.165, 1.54) is 70.6 Å². The summed E-state index contributed by atoms with van der Waals surface area (Å²) in [6, 6.07) is -0.439. The van der Waals surface area contributed by atoms with Crippen LogP contribution in [0.5, 0.6) is 0 Å². The topological polar surface area (TPSA) is 87.4 Å². The van der Waals surface area contributed by atoms with E-state index in [1.54, 1.807) is 0 Å². The molecule has 0 radical (unpaired) electrons. The molecule has 0 spiro atoms. The highest BCUT2D eigenvalue weighted by atomic mass is 16.4. The van der Waals surface area contributed by atoms with Crippen LogP contribution in [0.4, 0.5) is 0 Å². The van der Waals surface area contributed by atoms with Crippen LogP contribution < -0.4 is 16.6 Å². The third-order valence-corrected chi connectivity index (χ3v) is 4.53. The summed E-state index contributed by atoms with van der Waals surface area (Å²) in [5, 5.41) is 12.3. The van der Waals surface area contributed by atoms with Crippen LogP contribution in [0.15, 0.2) is 0 Å². The summed E-state index contributed by atoms with van der Waals surface area (Å²) in [6.45, 7) is 3.71. The lowest BCUT2D eigenvalue weighted by Gasteiger charge is -2.14. The maximum absolute atomic E-state index is 11.1. The van der Waals surface area contributed by atoms with Gasteiger partial charge >= 0.3 is 5.97 Å². The number of hydrogen-bond acceptors (Lipinski definition) is 4. The van der Waals surface area contributed by atoms with Crippen LogP contribution in [0.3, 0.4) is 0 Å². The second-order valence-corrected chi connectivity index (χ2v) is 6.83. The Bertz CT molecular complexity index is 275. The summed E-state index contributed by atoms with van der Waals surface area (Å²) in [4.78, 5) is 11.1. The van der Waals surface area contributed by atoms with Crippen molar-refractivity contribution < 1.29 is 9.90 Å². The standard InChI is InChI=1S/C19H41N3O2/c1-2-3-4-5-6-7-8-9-10-11-12-13-16-21-18(19(23)24)15-14-17-22-20/h18,21-22H,2-17,20H2,1H3,(H,23,24)/t18-/m0/s1. The Morgan fingerprint density at radius 1 is 0.833 bits per heavy atom. The van der Waals surface area contributed by atoms with Crippen molar-refractivity contribution in [3.63, 3.8) is 0 Å². The normalized spacial score (nSPS) is 12.4. The van der Waals surface area contributed by atoms with Gasteiger partial charge in [0.25, 0.3) is 0 Å². The van der Waals surface area contributed by atoms with Gasteiger partial charge in [0.1, 0.15) is 6.04 Å². The first-order valence-electron chi connectivity index (χ1n) is 10.1. The molecule has 0 amide bonds. The SMILES string of the molecule is CCCCCCCCCCCCCCN[C@@H](CCCNN)C(=O)O. The fraction of sp³-hybridized carbons (Fsp3) is 0.947. The van der Waals surface area contributed by atoms with Crippen LogP contribution in [-0.4, -0.2) is 30.2 Å². The number of carboxylic acid groups (broad SMARTS) is 1. The average molecular weight is 344 g/mol. The molecule has 5 heteroatoms. The summed E-state index contributed by atoms with van der Waals surface area (Å²) in [5.41, 5.74) is 2.56. The van der Waals surface area contributed by atoms with E-state index in [4.69, 9.17) is 10.9 Å². The highest BCUT2D eigenvalue weighted by Gasteiger charge is 2.15. The number of rotatable bonds is 19. The van der Waals surface area contributed by atoms with E-state index in [2.05, 4.69) is 17.7 Å². The van der Waals surface area contributed by atoms with Crippen molar-refractivity contribution >= 4 is 5.97 Å². The second kappa shape index (κ2) is 18.7. The first-order valence-corrected chi connectivity index (χ1v) is 10.1. The van der Waals surface area contributed by atoms with Gasteiger partial charge in [-0.2, -0.15) is 0 Å². The molecule has 0 unspecified atom stereocenters. The van der Waals surface area contributed by atoms with E-state index < -0.39 is 12.0 Å². The zero-order valence-electron chi connectivity index (χ0n) is 15.8. The van der Waals surface area contributed by atoms with E-state index in [0.29, 0.717) is 13.0 Å². The zero-order valence-corrected chi connectivity index (χ0v) is 15.8. The van der Waals surface area contributed by atoms with E-state index in [9.17, 15) is 4.79 Å². The quantitative estimate of drug-likeness (QED) is 0.162. The average Bonchev–Trinajstić information content (AvgIpc) is 2.57. The van der Waals surface area contributed by atoms with Crippen molar-refractivity contribution in [3.05, 3.63) is 0 Å². The Morgan fingerprint density at radius 2 is 1.33 bits per heavy atom. The molecule has 0 aliphatic rings. The molecule has 0 saturated heterocycles. The van der Waals surface area contributed by atoms with Gasteiger partial charge in [0, 0.05) is 6.54 Å². The molecule has 0 fully saturated rings. The molecule has 0 aromatic rings. The lowest BCUT2D eigenvalue weighted by atomic mass is 10.1. The minimum atomic E-state index is -0.758. The van der Waals surface area contributed by atoms with E-state index >= 15 is 0 Å². The molecular weight excluding hydrogens is 302 g/mol. The number of aliphatic carboxylic acids is 1. The number of carbonyl (C=O) groups is 1. The molecule has 0 heterocycles.